The number of aliphatic hydroxyl groups excluding tert-OH is 1. The summed E-state index contributed by atoms with van der Waals surface area (Å²) in [6, 6.07) is 14.3. The van der Waals surface area contributed by atoms with Gasteiger partial charge in [0.25, 0.3) is 11.8 Å². The van der Waals surface area contributed by atoms with Crippen molar-refractivity contribution in [1.82, 2.24) is 9.80 Å². The van der Waals surface area contributed by atoms with Gasteiger partial charge in [-0.2, -0.15) is 0 Å². The molecule has 0 atom stereocenters. The quantitative estimate of drug-likeness (QED) is 0.615. The molecule has 2 amide bonds. The summed E-state index contributed by atoms with van der Waals surface area (Å²) in [5, 5.41) is 9.26. The Bertz CT molecular complexity index is 1060. The number of amides is 2. The molecule has 1 N–H and O–H groups in total. The van der Waals surface area contributed by atoms with Gasteiger partial charge in [0, 0.05) is 38.3 Å². The Morgan fingerprint density at radius 1 is 0.909 bits per heavy atom. The van der Waals surface area contributed by atoms with Gasteiger partial charge in [-0.25, -0.2) is 4.90 Å². The molecule has 0 aliphatic carbocycles. The van der Waals surface area contributed by atoms with Crippen molar-refractivity contribution >= 4 is 23.1 Å². The highest BCUT2D eigenvalue weighted by Gasteiger charge is 2.44. The van der Waals surface area contributed by atoms with Crippen LogP contribution in [0.15, 0.2) is 54.2 Å². The first-order chi connectivity index (χ1) is 16.1. The Balaban J connectivity index is 1.79. The van der Waals surface area contributed by atoms with Crippen molar-refractivity contribution in [2.75, 3.05) is 57.9 Å². The first-order valence-electron chi connectivity index (χ1n) is 11.2. The van der Waals surface area contributed by atoms with Crippen molar-refractivity contribution in [3.8, 4) is 11.5 Å². The van der Waals surface area contributed by atoms with E-state index in [2.05, 4.69) is 4.90 Å². The Labute approximate surface area is 193 Å². The number of imide groups is 1. The molecular formula is C25H29N3O5. The van der Waals surface area contributed by atoms with Gasteiger partial charge in [0.05, 0.1) is 31.6 Å². The molecule has 1 fully saturated rings. The summed E-state index contributed by atoms with van der Waals surface area (Å²) in [5.41, 5.74) is 1.72. The van der Waals surface area contributed by atoms with Crippen LogP contribution < -0.4 is 14.4 Å². The molecule has 2 aromatic rings. The van der Waals surface area contributed by atoms with E-state index in [0.717, 1.165) is 0 Å². The molecular weight excluding hydrogens is 422 g/mol. The molecule has 2 aliphatic rings. The molecule has 0 unspecified atom stereocenters. The predicted octanol–water partition coefficient (Wildman–Crippen LogP) is 1.99. The SMILES string of the molecule is CCOc1ccccc1N1C(=O)C(c2ccccc2OC)=C(N2CCN(CCO)CC2)C1=O. The summed E-state index contributed by atoms with van der Waals surface area (Å²) in [6.07, 6.45) is 0. The zero-order chi connectivity index (χ0) is 23.4. The smallest absolute Gasteiger partial charge is 0.282 e. The maximum Gasteiger partial charge on any atom is 0.282 e. The molecule has 0 saturated carbocycles. The van der Waals surface area contributed by atoms with Gasteiger partial charge in [-0.1, -0.05) is 30.3 Å². The lowest BCUT2D eigenvalue weighted by Gasteiger charge is -2.36. The van der Waals surface area contributed by atoms with E-state index in [1.165, 1.54) is 4.90 Å². The van der Waals surface area contributed by atoms with Crippen molar-refractivity contribution < 1.29 is 24.2 Å². The third-order valence-electron chi connectivity index (χ3n) is 5.95. The van der Waals surface area contributed by atoms with Crippen LogP contribution in [0.25, 0.3) is 5.57 Å². The molecule has 0 aromatic heterocycles. The van der Waals surface area contributed by atoms with Gasteiger partial charge in [-0.3, -0.25) is 14.5 Å². The molecule has 0 bridgehead atoms. The summed E-state index contributed by atoms with van der Waals surface area (Å²) < 4.78 is 11.3. The Kier molecular flexibility index (Phi) is 6.96. The van der Waals surface area contributed by atoms with Crippen LogP contribution in [0.4, 0.5) is 5.69 Å². The van der Waals surface area contributed by atoms with E-state index in [9.17, 15) is 14.7 Å². The van der Waals surface area contributed by atoms with Crippen molar-refractivity contribution in [3.63, 3.8) is 0 Å². The van der Waals surface area contributed by atoms with Crippen LogP contribution in [-0.2, 0) is 9.59 Å². The lowest BCUT2D eigenvalue weighted by atomic mass is 10.0. The van der Waals surface area contributed by atoms with E-state index < -0.39 is 5.91 Å². The monoisotopic (exact) mass is 451 g/mol. The predicted molar refractivity (Wildman–Crippen MR) is 125 cm³/mol. The van der Waals surface area contributed by atoms with Gasteiger partial charge in [-0.15, -0.1) is 0 Å². The minimum atomic E-state index is -0.399. The molecule has 2 heterocycles. The molecule has 8 nitrogen and oxygen atoms in total. The van der Waals surface area contributed by atoms with Gasteiger partial charge in [0.1, 0.15) is 17.2 Å². The molecule has 0 radical (unpaired) electrons. The molecule has 8 heteroatoms. The van der Waals surface area contributed by atoms with E-state index in [0.29, 0.717) is 73.4 Å². The third kappa shape index (κ3) is 4.31. The number of aliphatic hydroxyl groups is 1. The second kappa shape index (κ2) is 10.1. The second-order valence-electron chi connectivity index (χ2n) is 7.82. The number of nitrogens with zero attached hydrogens (tertiary/aromatic N) is 3. The van der Waals surface area contributed by atoms with Gasteiger partial charge >= 0.3 is 0 Å². The van der Waals surface area contributed by atoms with Crippen molar-refractivity contribution in [3.05, 3.63) is 59.8 Å². The van der Waals surface area contributed by atoms with Gasteiger partial charge in [0.2, 0.25) is 0 Å². The topological polar surface area (TPSA) is 82.6 Å². The lowest BCUT2D eigenvalue weighted by Crippen LogP contribution is -2.48. The third-order valence-corrected chi connectivity index (χ3v) is 5.95. The highest BCUT2D eigenvalue weighted by molar-refractivity contribution is 6.46. The van der Waals surface area contributed by atoms with Crippen LogP contribution in [0.2, 0.25) is 0 Å². The molecule has 33 heavy (non-hydrogen) atoms. The van der Waals surface area contributed by atoms with Crippen LogP contribution in [0, 0.1) is 0 Å². The first kappa shape index (κ1) is 22.8. The number of anilines is 1. The fourth-order valence-corrected chi connectivity index (χ4v) is 4.38. The summed E-state index contributed by atoms with van der Waals surface area (Å²) >= 11 is 0. The number of hydrogen-bond acceptors (Lipinski definition) is 7. The number of ether oxygens (including phenoxy) is 2. The van der Waals surface area contributed by atoms with Crippen molar-refractivity contribution in [2.24, 2.45) is 0 Å². The summed E-state index contributed by atoms with van der Waals surface area (Å²) in [4.78, 5) is 33.0. The van der Waals surface area contributed by atoms with E-state index in [1.54, 1.807) is 37.4 Å². The number of carbonyl (C=O) groups excluding carboxylic acids is 2. The number of rotatable bonds is 8. The number of piperazine rings is 1. The Hall–Kier alpha value is -3.36. The highest BCUT2D eigenvalue weighted by Crippen LogP contribution is 2.41. The standard InChI is InChI=1S/C25H29N3O5/c1-3-33-21-11-7-5-9-19(21)28-24(30)22(18-8-4-6-10-20(18)32-2)23(25(28)31)27-14-12-26(13-15-27)16-17-29/h4-11,29H,3,12-17H2,1-2H3. The minimum Gasteiger partial charge on any atom is -0.496 e. The van der Waals surface area contributed by atoms with Crippen LogP contribution in [0.5, 0.6) is 11.5 Å². The fraction of sp³-hybridized carbons (Fsp3) is 0.360. The summed E-state index contributed by atoms with van der Waals surface area (Å²) in [5.74, 6) is 0.244. The van der Waals surface area contributed by atoms with Crippen molar-refractivity contribution in [2.45, 2.75) is 6.92 Å². The van der Waals surface area contributed by atoms with E-state index >= 15 is 0 Å². The number of para-hydroxylation sites is 3. The average molecular weight is 452 g/mol. The number of methoxy groups -OCH3 is 1. The van der Waals surface area contributed by atoms with Crippen LogP contribution >= 0.6 is 0 Å². The van der Waals surface area contributed by atoms with Crippen molar-refractivity contribution in [1.29, 1.82) is 0 Å². The minimum absolute atomic E-state index is 0.0918. The van der Waals surface area contributed by atoms with E-state index in [1.807, 2.05) is 30.0 Å². The lowest BCUT2D eigenvalue weighted by molar-refractivity contribution is -0.120. The number of benzene rings is 2. The normalized spacial score (nSPS) is 17.2. The highest BCUT2D eigenvalue weighted by atomic mass is 16.5. The molecule has 4 rings (SSSR count). The molecule has 0 spiro atoms. The Morgan fingerprint density at radius 2 is 1.58 bits per heavy atom. The first-order valence-corrected chi connectivity index (χ1v) is 11.2. The number of β-amino-alcohol motifs (C(OH)–C–C–N with tert-alkyl or cyclic N) is 1. The van der Waals surface area contributed by atoms with Gasteiger partial charge in [-0.05, 0) is 25.1 Å². The Morgan fingerprint density at radius 3 is 2.24 bits per heavy atom. The van der Waals surface area contributed by atoms with Gasteiger partial charge in [0.15, 0.2) is 0 Å². The zero-order valence-corrected chi connectivity index (χ0v) is 19.0. The maximum absolute atomic E-state index is 13.8. The summed E-state index contributed by atoms with van der Waals surface area (Å²) in [7, 11) is 1.55. The van der Waals surface area contributed by atoms with Gasteiger partial charge < -0.3 is 19.5 Å². The molecule has 2 aromatic carbocycles. The van der Waals surface area contributed by atoms with E-state index in [4.69, 9.17) is 9.47 Å². The molecule has 174 valence electrons. The fourth-order valence-electron chi connectivity index (χ4n) is 4.38. The van der Waals surface area contributed by atoms with E-state index in [-0.39, 0.29) is 12.5 Å². The molecule has 2 aliphatic heterocycles. The zero-order valence-electron chi connectivity index (χ0n) is 19.0. The molecule has 1 saturated heterocycles. The maximum atomic E-state index is 13.8. The number of hydrogen-bond donors (Lipinski definition) is 1. The average Bonchev–Trinajstić information content (AvgIpc) is 3.10. The second-order valence-corrected chi connectivity index (χ2v) is 7.82. The largest absolute Gasteiger partial charge is 0.496 e. The summed E-state index contributed by atoms with van der Waals surface area (Å²) in [6.45, 7) is 5.50. The van der Waals surface area contributed by atoms with Crippen LogP contribution in [0.1, 0.15) is 12.5 Å². The van der Waals surface area contributed by atoms with Crippen LogP contribution in [-0.4, -0.2) is 79.8 Å². The van der Waals surface area contributed by atoms with Crippen LogP contribution in [0.3, 0.4) is 0 Å². The number of carbonyl (C=O) groups is 2.